The molecule has 0 aliphatic heterocycles. The number of hydrogen-bond donors (Lipinski definition) is 0. The van der Waals surface area contributed by atoms with Crippen LogP contribution < -0.4 is 10.3 Å². The molecule has 0 N–H and O–H groups in total. The van der Waals surface area contributed by atoms with Crippen molar-refractivity contribution in [1.29, 1.82) is 0 Å². The topological polar surface area (TPSA) is 61.2 Å². The number of esters is 1. The van der Waals surface area contributed by atoms with Crippen molar-refractivity contribution in [2.75, 3.05) is 0 Å². The Bertz CT molecular complexity index is 1280. The lowest BCUT2D eigenvalue weighted by atomic mass is 10.2. The lowest BCUT2D eigenvalue weighted by Crippen LogP contribution is -2.21. The van der Waals surface area contributed by atoms with Crippen molar-refractivity contribution in [1.82, 2.24) is 9.55 Å². The molecule has 2 aromatic carbocycles. The minimum Gasteiger partial charge on any atom is -0.422 e. The lowest BCUT2D eigenvalue weighted by molar-refractivity contribution is 0.0739. The highest BCUT2D eigenvalue weighted by Gasteiger charge is 2.21. The number of carbonyl (C=O) groups excluding carboxylic acids is 1. The fraction of sp³-hybridized carbons (Fsp3) is 0.136. The summed E-state index contributed by atoms with van der Waals surface area (Å²) in [6, 6.07) is 13.4. The molecule has 4 rings (SSSR count). The van der Waals surface area contributed by atoms with E-state index in [2.05, 4.69) is 4.98 Å². The Morgan fingerprint density at radius 3 is 2.59 bits per heavy atom. The van der Waals surface area contributed by atoms with Crippen LogP contribution in [0.5, 0.6) is 5.75 Å². The van der Waals surface area contributed by atoms with E-state index in [9.17, 15) is 14.0 Å². The normalized spacial score (nSPS) is 11.0. The molecule has 0 amide bonds. The standard InChI is InChI=1S/C22H17FN2O3S/c1-13-7-9-16(10-8-13)28-22(27)19-14(2)18-20(29-19)24-12-25(21(18)26)11-15-5-3-4-6-17(15)23/h3-10,12H,11H2,1-2H3. The molecule has 7 heteroatoms. The van der Waals surface area contributed by atoms with Gasteiger partial charge >= 0.3 is 5.97 Å². The predicted octanol–water partition coefficient (Wildman–Crippen LogP) is 4.48. The zero-order valence-electron chi connectivity index (χ0n) is 15.8. The van der Waals surface area contributed by atoms with E-state index < -0.39 is 5.97 Å². The number of benzene rings is 2. The molecule has 2 heterocycles. The summed E-state index contributed by atoms with van der Waals surface area (Å²) in [6.07, 6.45) is 1.38. The summed E-state index contributed by atoms with van der Waals surface area (Å²) in [5.41, 5.74) is 1.65. The first kappa shape index (κ1) is 19.0. The second kappa shape index (κ2) is 7.60. The third kappa shape index (κ3) is 3.69. The van der Waals surface area contributed by atoms with Gasteiger partial charge in [0, 0.05) is 5.56 Å². The van der Waals surface area contributed by atoms with Crippen LogP contribution in [0.4, 0.5) is 4.39 Å². The predicted molar refractivity (Wildman–Crippen MR) is 110 cm³/mol. The molecule has 0 spiro atoms. The van der Waals surface area contributed by atoms with Crippen LogP contribution in [0.15, 0.2) is 59.7 Å². The molecule has 146 valence electrons. The first-order valence-corrected chi connectivity index (χ1v) is 9.76. The van der Waals surface area contributed by atoms with Gasteiger partial charge < -0.3 is 4.74 Å². The average molecular weight is 408 g/mol. The minimum absolute atomic E-state index is 0.0624. The highest BCUT2D eigenvalue weighted by atomic mass is 32.1. The van der Waals surface area contributed by atoms with E-state index in [1.807, 2.05) is 19.1 Å². The van der Waals surface area contributed by atoms with Crippen LogP contribution in [-0.2, 0) is 6.54 Å². The van der Waals surface area contributed by atoms with E-state index in [0.717, 1.165) is 16.9 Å². The van der Waals surface area contributed by atoms with E-state index >= 15 is 0 Å². The number of aryl methyl sites for hydroxylation is 2. The Morgan fingerprint density at radius 1 is 1.14 bits per heavy atom. The van der Waals surface area contributed by atoms with Crippen LogP contribution in [0.3, 0.4) is 0 Å². The number of aromatic nitrogens is 2. The molecule has 0 unspecified atom stereocenters. The second-order valence-corrected chi connectivity index (χ2v) is 7.71. The smallest absolute Gasteiger partial charge is 0.354 e. The summed E-state index contributed by atoms with van der Waals surface area (Å²) < 4.78 is 20.7. The van der Waals surface area contributed by atoms with Crippen LogP contribution >= 0.6 is 11.3 Å². The van der Waals surface area contributed by atoms with Crippen LogP contribution in [-0.4, -0.2) is 15.5 Å². The van der Waals surface area contributed by atoms with Gasteiger partial charge in [-0.25, -0.2) is 14.2 Å². The van der Waals surface area contributed by atoms with E-state index in [4.69, 9.17) is 4.74 Å². The Kier molecular flexibility index (Phi) is 4.98. The van der Waals surface area contributed by atoms with Gasteiger partial charge in [-0.05, 0) is 37.6 Å². The van der Waals surface area contributed by atoms with Gasteiger partial charge in [-0.2, -0.15) is 0 Å². The van der Waals surface area contributed by atoms with Gasteiger partial charge in [0.15, 0.2) is 0 Å². The van der Waals surface area contributed by atoms with Gasteiger partial charge in [-0.1, -0.05) is 35.9 Å². The monoisotopic (exact) mass is 408 g/mol. The number of fused-ring (bicyclic) bond motifs is 1. The fourth-order valence-corrected chi connectivity index (χ4v) is 4.05. The Balaban J connectivity index is 1.69. The molecule has 0 saturated heterocycles. The van der Waals surface area contributed by atoms with E-state index in [0.29, 0.717) is 32.0 Å². The highest BCUT2D eigenvalue weighted by Crippen LogP contribution is 2.28. The molecular formula is C22H17FN2O3S. The number of halogens is 1. The zero-order chi connectivity index (χ0) is 20.5. The van der Waals surface area contributed by atoms with Gasteiger partial charge in [0.25, 0.3) is 5.56 Å². The van der Waals surface area contributed by atoms with Crippen molar-refractivity contribution in [2.45, 2.75) is 20.4 Å². The van der Waals surface area contributed by atoms with Gasteiger partial charge in [-0.15, -0.1) is 11.3 Å². The minimum atomic E-state index is -0.533. The summed E-state index contributed by atoms with van der Waals surface area (Å²) in [4.78, 5) is 30.7. The highest BCUT2D eigenvalue weighted by molar-refractivity contribution is 7.20. The van der Waals surface area contributed by atoms with Crippen molar-refractivity contribution in [3.05, 3.63) is 92.6 Å². The molecule has 0 bridgehead atoms. The third-order valence-electron chi connectivity index (χ3n) is 4.63. The molecule has 2 aromatic heterocycles. The third-order valence-corrected chi connectivity index (χ3v) is 5.81. The van der Waals surface area contributed by atoms with Crippen molar-refractivity contribution < 1.29 is 13.9 Å². The van der Waals surface area contributed by atoms with Crippen molar-refractivity contribution >= 4 is 27.5 Å². The first-order valence-electron chi connectivity index (χ1n) is 8.95. The van der Waals surface area contributed by atoms with Gasteiger partial charge in [0.2, 0.25) is 0 Å². The summed E-state index contributed by atoms with van der Waals surface area (Å²) in [5.74, 6) is -0.485. The van der Waals surface area contributed by atoms with E-state index in [1.54, 1.807) is 37.3 Å². The number of thiophene rings is 1. The number of nitrogens with zero attached hydrogens (tertiary/aromatic N) is 2. The Labute approximate surface area is 170 Å². The van der Waals surface area contributed by atoms with Crippen molar-refractivity contribution in [3.63, 3.8) is 0 Å². The molecular weight excluding hydrogens is 391 g/mol. The molecule has 0 radical (unpaired) electrons. The average Bonchev–Trinajstić information content (AvgIpc) is 3.05. The van der Waals surface area contributed by atoms with Gasteiger partial charge in [0.1, 0.15) is 21.3 Å². The van der Waals surface area contributed by atoms with Crippen LogP contribution in [0, 0.1) is 19.7 Å². The summed E-state index contributed by atoms with van der Waals surface area (Å²) >= 11 is 1.11. The number of carbonyl (C=O) groups is 1. The van der Waals surface area contributed by atoms with Crippen molar-refractivity contribution in [2.24, 2.45) is 0 Å². The van der Waals surface area contributed by atoms with Gasteiger partial charge in [-0.3, -0.25) is 9.36 Å². The Morgan fingerprint density at radius 2 is 1.86 bits per heavy atom. The molecule has 0 aliphatic carbocycles. The first-order chi connectivity index (χ1) is 13.9. The lowest BCUT2D eigenvalue weighted by Gasteiger charge is -2.06. The largest absolute Gasteiger partial charge is 0.422 e. The maximum absolute atomic E-state index is 13.9. The molecule has 5 nitrogen and oxygen atoms in total. The summed E-state index contributed by atoms with van der Waals surface area (Å²) in [7, 11) is 0. The summed E-state index contributed by atoms with van der Waals surface area (Å²) in [6.45, 7) is 3.70. The maximum atomic E-state index is 13.9. The van der Waals surface area contributed by atoms with E-state index in [1.165, 1.54) is 17.0 Å². The Hall–Kier alpha value is -3.32. The molecule has 0 saturated carbocycles. The molecule has 4 aromatic rings. The quantitative estimate of drug-likeness (QED) is 0.369. The SMILES string of the molecule is Cc1ccc(OC(=O)c2sc3ncn(Cc4ccccc4F)c(=O)c3c2C)cc1. The molecule has 0 fully saturated rings. The van der Waals surface area contributed by atoms with Crippen LogP contribution in [0.25, 0.3) is 10.2 Å². The van der Waals surface area contributed by atoms with Crippen molar-refractivity contribution in [3.8, 4) is 5.75 Å². The molecule has 29 heavy (non-hydrogen) atoms. The van der Waals surface area contributed by atoms with Crippen LogP contribution in [0.2, 0.25) is 0 Å². The number of ether oxygens (including phenoxy) is 1. The molecule has 0 aliphatic rings. The summed E-state index contributed by atoms with van der Waals surface area (Å²) in [5, 5.41) is 0.352. The van der Waals surface area contributed by atoms with Gasteiger partial charge in [0.05, 0.1) is 18.3 Å². The maximum Gasteiger partial charge on any atom is 0.354 e. The second-order valence-electron chi connectivity index (χ2n) is 6.71. The number of rotatable bonds is 4. The zero-order valence-corrected chi connectivity index (χ0v) is 16.6. The van der Waals surface area contributed by atoms with E-state index in [-0.39, 0.29) is 17.9 Å². The number of hydrogen-bond acceptors (Lipinski definition) is 5. The molecule has 0 atom stereocenters. The fourth-order valence-electron chi connectivity index (χ4n) is 3.04. The van der Waals surface area contributed by atoms with Crippen LogP contribution in [0.1, 0.15) is 26.4 Å².